The van der Waals surface area contributed by atoms with Gasteiger partial charge in [0.1, 0.15) is 5.82 Å². The molecule has 1 aromatic rings. The Morgan fingerprint density at radius 1 is 1.11 bits per heavy atom. The fraction of sp³-hybridized carbons (Fsp3) is 0.720. The third-order valence-electron chi connectivity index (χ3n) is 6.65. The van der Waals surface area contributed by atoms with E-state index in [-0.39, 0.29) is 50.2 Å². The molecule has 1 saturated heterocycles. The summed E-state index contributed by atoms with van der Waals surface area (Å²) in [5.41, 5.74) is 6.18. The lowest BCUT2D eigenvalue weighted by Gasteiger charge is -2.40. The summed E-state index contributed by atoms with van der Waals surface area (Å²) in [6.45, 7) is 10.0. The quantitative estimate of drug-likeness (QED) is 0.414. The van der Waals surface area contributed by atoms with E-state index >= 15 is 0 Å². The molecule has 7 nitrogen and oxygen atoms in total. The summed E-state index contributed by atoms with van der Waals surface area (Å²) in [4.78, 5) is 15.4. The largest absolute Gasteiger partial charge is 0.379 e. The highest BCUT2D eigenvalue weighted by molar-refractivity contribution is 7.91. The lowest BCUT2D eigenvalue weighted by molar-refractivity contribution is -0.136. The first-order chi connectivity index (χ1) is 16.7. The molecule has 1 fully saturated rings. The van der Waals surface area contributed by atoms with E-state index in [9.17, 15) is 26.4 Å². The predicted molar refractivity (Wildman–Crippen MR) is 133 cm³/mol. The second-order valence-corrected chi connectivity index (χ2v) is 12.8. The molecule has 1 aromatic carbocycles. The molecule has 0 aliphatic carbocycles. The lowest BCUT2D eigenvalue weighted by atomic mass is 9.96. The molecule has 1 aliphatic rings. The van der Waals surface area contributed by atoms with Crippen LogP contribution in [0.4, 0.5) is 13.2 Å². The molecular weight excluding hydrogens is 495 g/mol. The summed E-state index contributed by atoms with van der Waals surface area (Å²) < 4.78 is 72.6. The summed E-state index contributed by atoms with van der Waals surface area (Å²) >= 11 is 0. The van der Waals surface area contributed by atoms with Gasteiger partial charge in [-0.15, -0.1) is 0 Å². The summed E-state index contributed by atoms with van der Waals surface area (Å²) in [6, 6.07) is 0.473. The van der Waals surface area contributed by atoms with Gasteiger partial charge in [-0.25, -0.2) is 21.6 Å². The van der Waals surface area contributed by atoms with Gasteiger partial charge in [0.2, 0.25) is 15.9 Å². The van der Waals surface area contributed by atoms with Gasteiger partial charge in [0, 0.05) is 37.8 Å². The van der Waals surface area contributed by atoms with Crippen LogP contribution in [-0.4, -0.2) is 73.2 Å². The fourth-order valence-electron chi connectivity index (χ4n) is 4.45. The number of rotatable bonds is 12. The number of hydrogen-bond acceptors (Lipinski definition) is 5. The zero-order chi connectivity index (χ0) is 27.3. The number of ether oxygens (including phenoxy) is 1. The van der Waals surface area contributed by atoms with E-state index in [1.165, 1.54) is 18.2 Å². The second kappa shape index (κ2) is 12.7. The maximum atomic E-state index is 14.0. The third kappa shape index (κ3) is 7.20. The van der Waals surface area contributed by atoms with Crippen LogP contribution in [0.5, 0.6) is 0 Å². The highest BCUT2D eigenvalue weighted by atomic mass is 32.2. The highest BCUT2D eigenvalue weighted by Crippen LogP contribution is 2.28. The van der Waals surface area contributed by atoms with Crippen molar-refractivity contribution in [1.29, 1.82) is 0 Å². The van der Waals surface area contributed by atoms with Gasteiger partial charge in [0.15, 0.2) is 16.4 Å². The molecule has 1 aliphatic heterocycles. The number of benzene rings is 1. The summed E-state index contributed by atoms with van der Waals surface area (Å²) in [6.07, 6.45) is 1.41. The first-order valence-electron chi connectivity index (χ1n) is 12.5. The molecule has 0 bridgehead atoms. The molecule has 11 heteroatoms. The van der Waals surface area contributed by atoms with Crippen molar-refractivity contribution >= 4 is 15.9 Å². The summed E-state index contributed by atoms with van der Waals surface area (Å²) in [7, 11) is -3.94. The van der Waals surface area contributed by atoms with Crippen molar-refractivity contribution in [3.8, 4) is 0 Å². The Morgan fingerprint density at radius 3 is 2.25 bits per heavy atom. The minimum Gasteiger partial charge on any atom is -0.379 e. The average Bonchev–Trinajstić information content (AvgIpc) is 2.81. The van der Waals surface area contributed by atoms with Crippen LogP contribution in [0.25, 0.3) is 0 Å². The van der Waals surface area contributed by atoms with Crippen LogP contribution in [0.3, 0.4) is 0 Å². The zero-order valence-electron chi connectivity index (χ0n) is 21.9. The van der Waals surface area contributed by atoms with Gasteiger partial charge in [0.25, 0.3) is 0 Å². The van der Waals surface area contributed by atoms with Crippen LogP contribution in [0, 0.1) is 23.4 Å². The first-order valence-corrected chi connectivity index (χ1v) is 13.9. The third-order valence-corrected chi connectivity index (χ3v) is 9.16. The van der Waals surface area contributed by atoms with Crippen LogP contribution < -0.4 is 5.73 Å². The van der Waals surface area contributed by atoms with Crippen LogP contribution >= 0.6 is 0 Å². The van der Waals surface area contributed by atoms with Crippen molar-refractivity contribution < 1.29 is 31.1 Å². The smallest absolute Gasteiger partial charge is 0.245 e. The number of nitrogens with zero attached hydrogens (tertiary/aromatic N) is 2. The van der Waals surface area contributed by atoms with Gasteiger partial charge in [-0.3, -0.25) is 4.79 Å². The van der Waals surface area contributed by atoms with Crippen LogP contribution in [0.2, 0.25) is 0 Å². The van der Waals surface area contributed by atoms with E-state index in [1.54, 1.807) is 4.90 Å². The topological polar surface area (TPSA) is 92.9 Å². The normalized spacial score (nSPS) is 17.3. The molecule has 2 atom stereocenters. The highest BCUT2D eigenvalue weighted by Gasteiger charge is 2.48. The fourth-order valence-corrected chi connectivity index (χ4v) is 6.06. The molecule has 0 aromatic heterocycles. The van der Waals surface area contributed by atoms with E-state index < -0.39 is 44.2 Å². The summed E-state index contributed by atoms with van der Waals surface area (Å²) in [5, 5.41) is 0. The van der Waals surface area contributed by atoms with Crippen molar-refractivity contribution in [3.05, 3.63) is 35.1 Å². The Bertz CT molecular complexity index is 999. The van der Waals surface area contributed by atoms with Crippen molar-refractivity contribution in [3.63, 3.8) is 0 Å². The van der Waals surface area contributed by atoms with Gasteiger partial charge < -0.3 is 15.4 Å². The molecule has 1 amide bonds. The predicted octanol–water partition coefficient (Wildman–Crippen LogP) is 3.46. The molecular formula is C25H40F3N3O4S. The van der Waals surface area contributed by atoms with E-state index in [1.807, 2.05) is 20.8 Å². The van der Waals surface area contributed by atoms with Gasteiger partial charge >= 0.3 is 0 Å². The van der Waals surface area contributed by atoms with E-state index in [2.05, 4.69) is 0 Å². The van der Waals surface area contributed by atoms with Crippen LogP contribution in [0.15, 0.2) is 12.1 Å². The Labute approximate surface area is 213 Å². The SMILES string of the molecule is CCC(CC[C@H](N)Cc1cc(F)c(F)cc1F)N(CC(C)C)C(=O)C(C)(C)S(=O)(=O)N1CCOCC1. The maximum Gasteiger partial charge on any atom is 0.245 e. The van der Waals surface area contributed by atoms with E-state index in [4.69, 9.17) is 10.5 Å². The number of carbonyl (C=O) groups excluding carboxylic acids is 1. The van der Waals surface area contributed by atoms with Crippen LogP contribution in [0.1, 0.15) is 59.4 Å². The number of hydrogen-bond donors (Lipinski definition) is 1. The minimum absolute atomic E-state index is 0.00843. The number of amides is 1. The maximum absolute atomic E-state index is 14.0. The van der Waals surface area contributed by atoms with Gasteiger partial charge in [-0.1, -0.05) is 20.8 Å². The van der Waals surface area contributed by atoms with Crippen LogP contribution in [-0.2, 0) is 26.0 Å². The van der Waals surface area contributed by atoms with Crippen molar-refractivity contribution in [1.82, 2.24) is 9.21 Å². The zero-order valence-corrected chi connectivity index (χ0v) is 22.7. The molecule has 2 N–H and O–H groups in total. The Balaban J connectivity index is 2.18. The minimum atomic E-state index is -3.94. The monoisotopic (exact) mass is 535 g/mol. The standard InChI is InChI=1S/C25H40F3N3O4S/c1-6-20(8-7-19(29)13-18-14-22(27)23(28)15-21(18)26)31(16-17(2)3)24(32)25(4,5)36(33,34)30-9-11-35-12-10-30/h14-15,17,19-20H,6-13,16,29H2,1-5H3/t19-,20?/m0/s1. The second-order valence-electron chi connectivity index (χ2n) is 10.3. The van der Waals surface area contributed by atoms with Gasteiger partial charge in [0.05, 0.1) is 13.2 Å². The number of nitrogens with two attached hydrogens (primary N) is 1. The number of halogens is 3. The van der Waals surface area contributed by atoms with Crippen molar-refractivity contribution in [2.45, 2.75) is 77.1 Å². The Morgan fingerprint density at radius 2 is 1.69 bits per heavy atom. The van der Waals surface area contributed by atoms with Gasteiger partial charge in [-0.05, 0) is 57.1 Å². The van der Waals surface area contributed by atoms with E-state index in [0.29, 0.717) is 31.9 Å². The Kier molecular flexibility index (Phi) is 10.8. The van der Waals surface area contributed by atoms with Gasteiger partial charge in [-0.2, -0.15) is 4.31 Å². The average molecular weight is 536 g/mol. The molecule has 1 unspecified atom stereocenters. The molecule has 2 rings (SSSR count). The Hall–Kier alpha value is -1.69. The first kappa shape index (κ1) is 30.5. The molecule has 0 saturated carbocycles. The molecule has 0 spiro atoms. The molecule has 1 heterocycles. The number of morpholine rings is 1. The molecule has 36 heavy (non-hydrogen) atoms. The van der Waals surface area contributed by atoms with Crippen molar-refractivity contribution in [2.24, 2.45) is 11.7 Å². The molecule has 206 valence electrons. The summed E-state index contributed by atoms with van der Waals surface area (Å²) in [5.74, 6) is -3.64. The molecule has 0 radical (unpaired) electrons. The van der Waals surface area contributed by atoms with E-state index in [0.717, 1.165) is 6.07 Å². The van der Waals surface area contributed by atoms with Crippen molar-refractivity contribution in [2.75, 3.05) is 32.8 Å². The lowest BCUT2D eigenvalue weighted by Crippen LogP contribution is -2.59. The number of sulfonamides is 1. The number of carbonyl (C=O) groups is 1.